The first-order chi connectivity index (χ1) is 12.8. The second-order valence-corrected chi connectivity index (χ2v) is 7.88. The summed E-state index contributed by atoms with van der Waals surface area (Å²) in [5.41, 5.74) is -0.397. The van der Waals surface area contributed by atoms with E-state index in [0.29, 0.717) is 0 Å². The van der Waals surface area contributed by atoms with E-state index in [4.69, 9.17) is 11.6 Å². The Morgan fingerprint density at radius 3 is 2.30 bits per heavy atom. The Kier molecular flexibility index (Phi) is 5.11. The van der Waals surface area contributed by atoms with Gasteiger partial charge in [-0.2, -0.15) is 0 Å². The van der Waals surface area contributed by atoms with Gasteiger partial charge in [-0.15, -0.1) is 0 Å². The largest absolute Gasteiger partial charge is 0.289 e. The highest BCUT2D eigenvalue weighted by Crippen LogP contribution is 2.31. The summed E-state index contributed by atoms with van der Waals surface area (Å²) in [6.07, 6.45) is 0. The van der Waals surface area contributed by atoms with E-state index >= 15 is 0 Å². The Morgan fingerprint density at radius 1 is 1.00 bits per heavy atom. The Morgan fingerprint density at radius 2 is 1.63 bits per heavy atom. The number of benzene rings is 3. The van der Waals surface area contributed by atoms with Gasteiger partial charge in [-0.05, 0) is 40.6 Å². The number of hydrogen-bond acceptors (Lipinski definition) is 5. The van der Waals surface area contributed by atoms with E-state index in [1.54, 1.807) is 24.3 Å². The number of nitro groups is 1. The molecule has 0 heterocycles. The van der Waals surface area contributed by atoms with E-state index in [0.717, 1.165) is 27.2 Å². The zero-order chi connectivity index (χ0) is 19.6. The Balaban J connectivity index is 2.19. The number of carbonyl (C=O) groups is 1. The predicted molar refractivity (Wildman–Crippen MR) is 102 cm³/mol. The van der Waals surface area contributed by atoms with Crippen LogP contribution >= 0.6 is 11.6 Å². The van der Waals surface area contributed by atoms with Crippen LogP contribution in [0.1, 0.15) is 0 Å². The topological polar surface area (TPSA) is 97.6 Å². The molecule has 3 aromatic rings. The molecule has 0 unspecified atom stereocenters. The van der Waals surface area contributed by atoms with Crippen LogP contribution in [0.25, 0.3) is 10.8 Å². The molecule has 9 heteroatoms. The third-order valence-corrected chi connectivity index (χ3v) is 5.86. The minimum atomic E-state index is -4.41. The van der Waals surface area contributed by atoms with E-state index in [1.807, 2.05) is 12.1 Å². The molecule has 0 amide bonds. The molecule has 138 valence electrons. The van der Waals surface area contributed by atoms with Gasteiger partial charge in [0.15, 0.2) is 4.90 Å². The summed E-state index contributed by atoms with van der Waals surface area (Å²) in [4.78, 5) is 21.5. The third kappa shape index (κ3) is 3.76. The van der Waals surface area contributed by atoms with Gasteiger partial charge in [-0.1, -0.05) is 42.5 Å². The van der Waals surface area contributed by atoms with Crippen molar-refractivity contribution in [3.8, 4) is 0 Å². The molecule has 0 bridgehead atoms. The molecule has 0 aliphatic carbocycles. The van der Waals surface area contributed by atoms with Crippen molar-refractivity contribution in [1.82, 2.24) is 0 Å². The lowest BCUT2D eigenvalue weighted by Gasteiger charge is -2.23. The molecule has 0 spiro atoms. The average molecular weight is 405 g/mol. The van der Waals surface area contributed by atoms with Crippen molar-refractivity contribution in [2.24, 2.45) is 0 Å². The third-order valence-electron chi connectivity index (χ3n) is 3.92. The van der Waals surface area contributed by atoms with Crippen molar-refractivity contribution >= 4 is 49.0 Å². The van der Waals surface area contributed by atoms with Crippen molar-refractivity contribution in [2.45, 2.75) is 4.90 Å². The molecular formula is C18H13ClN2O5S. The smallest absolute Gasteiger partial charge is 0.279 e. The molecular weight excluding hydrogens is 392 g/mol. The van der Waals surface area contributed by atoms with Gasteiger partial charge >= 0.3 is 0 Å². The monoisotopic (exact) mass is 404 g/mol. The number of sulfonamides is 1. The fourth-order valence-corrected chi connectivity index (χ4v) is 4.47. The number of nitro benzene ring substituents is 1. The summed E-state index contributed by atoms with van der Waals surface area (Å²) in [5, 5.41) is 12.0. The molecule has 0 N–H and O–H groups in total. The van der Waals surface area contributed by atoms with E-state index in [-0.39, 0.29) is 5.69 Å². The number of carbonyl (C=O) groups excluding carboxylic acids is 1. The van der Waals surface area contributed by atoms with Crippen LogP contribution in [-0.2, 0) is 14.8 Å². The van der Waals surface area contributed by atoms with Crippen LogP contribution in [-0.4, -0.2) is 25.1 Å². The quantitative estimate of drug-likeness (QED) is 0.354. The maximum atomic E-state index is 13.1. The van der Waals surface area contributed by atoms with Crippen molar-refractivity contribution in [3.05, 3.63) is 76.8 Å². The highest BCUT2D eigenvalue weighted by atomic mass is 35.5. The first kappa shape index (κ1) is 18.8. The molecule has 7 nitrogen and oxygen atoms in total. The first-order valence-electron chi connectivity index (χ1n) is 7.74. The van der Waals surface area contributed by atoms with Crippen LogP contribution in [0.15, 0.2) is 71.6 Å². The second-order valence-electron chi connectivity index (χ2n) is 5.62. The fourth-order valence-electron chi connectivity index (χ4n) is 2.70. The van der Waals surface area contributed by atoms with Gasteiger partial charge in [0.25, 0.3) is 15.7 Å². The molecule has 0 fully saturated rings. The van der Waals surface area contributed by atoms with Gasteiger partial charge in [0.05, 0.1) is 10.6 Å². The number of anilines is 1. The van der Waals surface area contributed by atoms with Crippen molar-refractivity contribution in [3.63, 3.8) is 0 Å². The maximum absolute atomic E-state index is 13.1. The molecule has 3 rings (SSSR count). The summed E-state index contributed by atoms with van der Waals surface area (Å²) < 4.78 is 27.1. The van der Waals surface area contributed by atoms with Crippen molar-refractivity contribution in [2.75, 3.05) is 10.8 Å². The van der Waals surface area contributed by atoms with Crippen LogP contribution in [0, 0.1) is 10.1 Å². The maximum Gasteiger partial charge on any atom is 0.289 e. The fraction of sp³-hybridized carbons (Fsp3) is 0.0556. The first-order valence-corrected chi connectivity index (χ1v) is 9.56. The lowest BCUT2D eigenvalue weighted by Crippen LogP contribution is -2.34. The highest BCUT2D eigenvalue weighted by Gasteiger charge is 2.32. The summed E-state index contributed by atoms with van der Waals surface area (Å²) in [6, 6.07) is 17.0. The lowest BCUT2D eigenvalue weighted by atomic mass is 10.1. The molecule has 0 saturated carbocycles. The molecule has 0 radical (unpaired) electrons. The van der Waals surface area contributed by atoms with Crippen LogP contribution in [0.5, 0.6) is 0 Å². The Labute approximate surface area is 160 Å². The standard InChI is InChI=1S/C18H13ClN2O5S/c19-18(22)12-20(15-10-9-13-5-1-2-6-14(13)11-15)27(25,26)17-8-4-3-7-16(17)21(23)24/h1-11H,12H2. The Bertz CT molecular complexity index is 1150. The number of fused-ring (bicyclic) bond motifs is 1. The van der Waals surface area contributed by atoms with E-state index in [9.17, 15) is 23.3 Å². The van der Waals surface area contributed by atoms with Gasteiger partial charge in [-0.25, -0.2) is 8.42 Å². The van der Waals surface area contributed by atoms with Gasteiger partial charge in [0, 0.05) is 6.07 Å². The zero-order valence-electron chi connectivity index (χ0n) is 13.8. The summed E-state index contributed by atoms with van der Waals surface area (Å²) in [6.45, 7) is -0.658. The lowest BCUT2D eigenvalue weighted by molar-refractivity contribution is -0.387. The minimum Gasteiger partial charge on any atom is -0.279 e. The summed E-state index contributed by atoms with van der Waals surface area (Å²) in [7, 11) is -4.41. The van der Waals surface area contributed by atoms with Crippen LogP contribution in [0.4, 0.5) is 11.4 Å². The molecule has 0 aliphatic rings. The summed E-state index contributed by atoms with van der Waals surface area (Å²) >= 11 is 5.46. The number of nitrogens with zero attached hydrogens (tertiary/aromatic N) is 2. The van der Waals surface area contributed by atoms with Crippen LogP contribution < -0.4 is 4.31 Å². The van der Waals surface area contributed by atoms with Crippen molar-refractivity contribution in [1.29, 1.82) is 0 Å². The normalized spacial score (nSPS) is 11.3. The molecule has 0 saturated heterocycles. The number of para-hydroxylation sites is 1. The van der Waals surface area contributed by atoms with Gasteiger partial charge in [0.2, 0.25) is 5.24 Å². The molecule has 0 aliphatic heterocycles. The predicted octanol–water partition coefficient (Wildman–Crippen LogP) is 3.71. The SMILES string of the molecule is O=C(Cl)CN(c1ccc2ccccc2c1)S(=O)(=O)c1ccccc1[N+](=O)[O-]. The second kappa shape index (κ2) is 7.34. The highest BCUT2D eigenvalue weighted by molar-refractivity contribution is 7.93. The Hall–Kier alpha value is -2.97. The molecule has 3 aromatic carbocycles. The van der Waals surface area contributed by atoms with Crippen LogP contribution in [0.2, 0.25) is 0 Å². The van der Waals surface area contributed by atoms with Crippen molar-refractivity contribution < 1.29 is 18.1 Å². The number of rotatable bonds is 6. The molecule has 27 heavy (non-hydrogen) atoms. The number of halogens is 1. The number of hydrogen-bond donors (Lipinski definition) is 0. The van der Waals surface area contributed by atoms with Gasteiger partial charge < -0.3 is 0 Å². The van der Waals surface area contributed by atoms with E-state index in [1.165, 1.54) is 18.2 Å². The average Bonchev–Trinajstić information content (AvgIpc) is 2.65. The van der Waals surface area contributed by atoms with Gasteiger partial charge in [0.1, 0.15) is 6.54 Å². The summed E-state index contributed by atoms with van der Waals surface area (Å²) in [5.74, 6) is 0. The minimum absolute atomic E-state index is 0.181. The molecule has 0 atom stereocenters. The van der Waals surface area contributed by atoms with E-state index in [2.05, 4.69) is 0 Å². The zero-order valence-corrected chi connectivity index (χ0v) is 15.4. The van der Waals surface area contributed by atoms with Crippen LogP contribution in [0.3, 0.4) is 0 Å². The molecule has 0 aromatic heterocycles. The van der Waals surface area contributed by atoms with Gasteiger partial charge in [-0.3, -0.25) is 19.2 Å². The van der Waals surface area contributed by atoms with E-state index < -0.39 is 37.3 Å².